The fourth-order valence-electron chi connectivity index (χ4n) is 1.86. The number of hydrazine groups is 1. The molecule has 1 heterocycles. The third kappa shape index (κ3) is 4.64. The quantitative estimate of drug-likeness (QED) is 0.355. The first-order valence-electron chi connectivity index (χ1n) is 5.93. The lowest BCUT2D eigenvalue weighted by molar-refractivity contribution is 0.0407. The second kappa shape index (κ2) is 7.25. The lowest BCUT2D eigenvalue weighted by atomic mass is 10.2. The number of nitrogens with zero attached hydrogens (tertiary/aromatic N) is 1. The summed E-state index contributed by atoms with van der Waals surface area (Å²) in [4.78, 5) is 13.3. The van der Waals surface area contributed by atoms with Crippen molar-refractivity contribution in [3.05, 3.63) is 23.2 Å². The fourth-order valence-corrected chi connectivity index (χ4v) is 1.86. The Morgan fingerprint density at radius 2 is 2.37 bits per heavy atom. The van der Waals surface area contributed by atoms with Gasteiger partial charge in [-0.25, -0.2) is 5.84 Å². The molecule has 4 N–H and O–H groups in total. The first kappa shape index (κ1) is 15.6. The van der Waals surface area contributed by atoms with Crippen LogP contribution in [0.1, 0.15) is 21.9 Å². The predicted molar refractivity (Wildman–Crippen MR) is 69.3 cm³/mol. The molecule has 7 nitrogen and oxygen atoms in total. The Bertz CT molecular complexity index is 419. The van der Waals surface area contributed by atoms with Crippen LogP contribution in [0.2, 0.25) is 0 Å². The second-order valence-corrected chi connectivity index (χ2v) is 4.46. The number of amides is 1. The van der Waals surface area contributed by atoms with Crippen LogP contribution in [0.15, 0.2) is 10.5 Å². The zero-order valence-electron chi connectivity index (χ0n) is 11.5. The van der Waals surface area contributed by atoms with E-state index in [1.807, 2.05) is 11.9 Å². The van der Waals surface area contributed by atoms with Crippen LogP contribution in [0, 0.1) is 6.92 Å². The molecule has 19 heavy (non-hydrogen) atoms. The number of aliphatic hydroxyl groups excluding tert-OH is 1. The number of hydrogen-bond acceptors (Lipinski definition) is 6. The van der Waals surface area contributed by atoms with Gasteiger partial charge < -0.3 is 14.3 Å². The third-order valence-electron chi connectivity index (χ3n) is 2.65. The van der Waals surface area contributed by atoms with Gasteiger partial charge in [-0.2, -0.15) is 0 Å². The van der Waals surface area contributed by atoms with Gasteiger partial charge >= 0.3 is 0 Å². The Morgan fingerprint density at radius 1 is 1.68 bits per heavy atom. The first-order valence-corrected chi connectivity index (χ1v) is 5.93. The van der Waals surface area contributed by atoms with Crippen LogP contribution in [0.4, 0.5) is 0 Å². The summed E-state index contributed by atoms with van der Waals surface area (Å²) in [5, 5.41) is 9.61. The van der Waals surface area contributed by atoms with E-state index in [1.165, 1.54) is 7.11 Å². The molecule has 0 aliphatic rings. The van der Waals surface area contributed by atoms with Crippen LogP contribution in [0.25, 0.3) is 0 Å². The molecule has 0 radical (unpaired) electrons. The van der Waals surface area contributed by atoms with Crippen LogP contribution in [-0.2, 0) is 11.3 Å². The minimum absolute atomic E-state index is 0.280. The highest BCUT2D eigenvalue weighted by Gasteiger charge is 2.16. The van der Waals surface area contributed by atoms with Gasteiger partial charge in [-0.1, -0.05) is 0 Å². The average molecular weight is 271 g/mol. The van der Waals surface area contributed by atoms with Crippen molar-refractivity contribution in [2.45, 2.75) is 19.6 Å². The number of furan rings is 1. The predicted octanol–water partition coefficient (Wildman–Crippen LogP) is -0.369. The average Bonchev–Trinajstić information content (AvgIpc) is 2.69. The highest BCUT2D eigenvalue weighted by Crippen LogP contribution is 2.15. The van der Waals surface area contributed by atoms with E-state index in [9.17, 15) is 9.90 Å². The maximum absolute atomic E-state index is 11.4. The van der Waals surface area contributed by atoms with Crippen LogP contribution in [-0.4, -0.2) is 49.3 Å². The molecule has 1 aromatic heterocycles. The summed E-state index contributed by atoms with van der Waals surface area (Å²) in [7, 11) is 3.39. The van der Waals surface area contributed by atoms with Gasteiger partial charge in [0.25, 0.3) is 5.91 Å². The third-order valence-corrected chi connectivity index (χ3v) is 2.65. The Kier molecular flexibility index (Phi) is 5.97. The number of carbonyl (C=O) groups excluding carboxylic acids is 1. The van der Waals surface area contributed by atoms with Crippen LogP contribution < -0.4 is 11.3 Å². The normalized spacial score (nSPS) is 12.7. The van der Waals surface area contributed by atoms with Crippen molar-refractivity contribution >= 4 is 5.91 Å². The number of hydrogen-bond donors (Lipinski definition) is 3. The maximum atomic E-state index is 11.4. The highest BCUT2D eigenvalue weighted by molar-refractivity contribution is 5.94. The first-order chi connectivity index (χ1) is 8.97. The van der Waals surface area contributed by atoms with Gasteiger partial charge in [0.15, 0.2) is 0 Å². The number of carbonyl (C=O) groups is 1. The summed E-state index contributed by atoms with van der Waals surface area (Å²) in [6, 6.07) is 1.65. The summed E-state index contributed by atoms with van der Waals surface area (Å²) in [6.45, 7) is 2.92. The lowest BCUT2D eigenvalue weighted by Gasteiger charge is -2.18. The monoisotopic (exact) mass is 271 g/mol. The zero-order valence-corrected chi connectivity index (χ0v) is 11.5. The van der Waals surface area contributed by atoms with Gasteiger partial charge in [-0.15, -0.1) is 0 Å². The molecule has 108 valence electrons. The van der Waals surface area contributed by atoms with Gasteiger partial charge in [0.1, 0.15) is 11.5 Å². The molecular formula is C12H21N3O4. The second-order valence-electron chi connectivity index (χ2n) is 4.46. The molecule has 0 spiro atoms. The van der Waals surface area contributed by atoms with Crippen molar-refractivity contribution < 1.29 is 19.1 Å². The van der Waals surface area contributed by atoms with Gasteiger partial charge in [0.05, 0.1) is 24.8 Å². The van der Waals surface area contributed by atoms with E-state index in [2.05, 4.69) is 5.43 Å². The molecule has 0 aromatic carbocycles. The molecule has 1 atom stereocenters. The lowest BCUT2D eigenvalue weighted by Crippen LogP contribution is -2.31. The minimum atomic E-state index is -0.558. The van der Waals surface area contributed by atoms with E-state index in [1.54, 1.807) is 13.0 Å². The summed E-state index contributed by atoms with van der Waals surface area (Å²) in [5.41, 5.74) is 2.49. The molecule has 1 amide bonds. The van der Waals surface area contributed by atoms with E-state index in [4.69, 9.17) is 15.0 Å². The molecule has 7 heteroatoms. The number of nitrogens with one attached hydrogen (secondary N) is 1. The van der Waals surface area contributed by atoms with E-state index in [0.717, 1.165) is 0 Å². The van der Waals surface area contributed by atoms with Crippen molar-refractivity contribution in [2.75, 3.05) is 27.3 Å². The molecule has 0 saturated heterocycles. The number of methoxy groups -OCH3 is 1. The van der Waals surface area contributed by atoms with E-state index >= 15 is 0 Å². The van der Waals surface area contributed by atoms with Crippen LogP contribution in [0.5, 0.6) is 0 Å². The number of nitrogen functional groups attached to an aromatic ring is 1. The number of aryl methyl sites for hydroxylation is 1. The van der Waals surface area contributed by atoms with Crippen molar-refractivity contribution in [3.8, 4) is 0 Å². The number of aliphatic hydroxyl groups is 1. The topological polar surface area (TPSA) is 101 Å². The number of likely N-dealkylation sites (N-methyl/N-ethyl adjacent to an activating group) is 1. The number of nitrogens with two attached hydrogens (primary N) is 1. The van der Waals surface area contributed by atoms with Crippen LogP contribution >= 0.6 is 0 Å². The molecule has 0 bridgehead atoms. The summed E-state index contributed by atoms with van der Waals surface area (Å²) in [6.07, 6.45) is -0.558. The van der Waals surface area contributed by atoms with E-state index in [-0.39, 0.29) is 12.5 Å². The molecule has 0 saturated carbocycles. The highest BCUT2D eigenvalue weighted by atomic mass is 16.5. The Morgan fingerprint density at radius 3 is 2.95 bits per heavy atom. The van der Waals surface area contributed by atoms with E-state index in [0.29, 0.717) is 30.2 Å². The molecule has 0 aliphatic heterocycles. The van der Waals surface area contributed by atoms with Gasteiger partial charge in [-0.3, -0.25) is 15.1 Å². The summed E-state index contributed by atoms with van der Waals surface area (Å²) in [5.74, 6) is 5.86. The van der Waals surface area contributed by atoms with Gasteiger partial charge in [0.2, 0.25) is 0 Å². The summed E-state index contributed by atoms with van der Waals surface area (Å²) >= 11 is 0. The maximum Gasteiger partial charge on any atom is 0.268 e. The van der Waals surface area contributed by atoms with Crippen molar-refractivity contribution in [1.82, 2.24) is 10.3 Å². The smallest absolute Gasteiger partial charge is 0.268 e. The standard InChI is InChI=1S/C12H21N3O4/c1-8-11(12(17)14-13)4-10(19-8)6-15(2)5-9(16)7-18-3/h4,9,16H,5-7,13H2,1-3H3,(H,14,17). The largest absolute Gasteiger partial charge is 0.464 e. The van der Waals surface area contributed by atoms with E-state index < -0.39 is 6.10 Å². The molecule has 1 unspecified atom stereocenters. The molecule has 0 fully saturated rings. The van der Waals surface area contributed by atoms with Crippen molar-refractivity contribution in [3.63, 3.8) is 0 Å². The molecule has 1 aromatic rings. The Balaban J connectivity index is 2.60. The van der Waals surface area contributed by atoms with Crippen molar-refractivity contribution in [2.24, 2.45) is 5.84 Å². The molecule has 0 aliphatic carbocycles. The zero-order chi connectivity index (χ0) is 14.4. The Hall–Kier alpha value is -1.41. The van der Waals surface area contributed by atoms with Gasteiger partial charge in [0, 0.05) is 13.7 Å². The minimum Gasteiger partial charge on any atom is -0.464 e. The SMILES string of the molecule is COCC(O)CN(C)Cc1cc(C(=O)NN)c(C)o1. The number of rotatable bonds is 7. The van der Waals surface area contributed by atoms with Gasteiger partial charge in [-0.05, 0) is 20.0 Å². The molecule has 1 rings (SSSR count). The summed E-state index contributed by atoms with van der Waals surface area (Å²) < 4.78 is 10.3. The number of ether oxygens (including phenoxy) is 1. The molecular weight excluding hydrogens is 250 g/mol. The van der Waals surface area contributed by atoms with Crippen LogP contribution in [0.3, 0.4) is 0 Å². The fraction of sp³-hybridized carbons (Fsp3) is 0.583. The Labute approximate surface area is 112 Å². The van der Waals surface area contributed by atoms with Crippen molar-refractivity contribution in [1.29, 1.82) is 0 Å².